The van der Waals surface area contributed by atoms with E-state index in [1.54, 1.807) is 0 Å². The Balaban J connectivity index is 3.15. The molecule has 1 aromatic rings. The average molecular weight is 265 g/mol. The van der Waals surface area contributed by atoms with Crippen LogP contribution in [0.25, 0.3) is 0 Å². The van der Waals surface area contributed by atoms with Crippen LogP contribution in [0.5, 0.6) is 5.75 Å². The topological polar surface area (TPSA) is 89.7 Å². The van der Waals surface area contributed by atoms with Crippen LogP contribution in [0.15, 0.2) is 18.2 Å². The first kappa shape index (κ1) is 13.7. The Kier molecular flexibility index (Phi) is 3.74. The molecule has 0 aliphatic carbocycles. The van der Waals surface area contributed by atoms with Gasteiger partial charge in [-0.1, -0.05) is 6.07 Å². The number of nitrogens with zero attached hydrogens (tertiary/aromatic N) is 1. The van der Waals surface area contributed by atoms with Gasteiger partial charge in [-0.15, -0.1) is 0 Å². The van der Waals surface area contributed by atoms with E-state index in [1.165, 1.54) is 0 Å². The van der Waals surface area contributed by atoms with Gasteiger partial charge >= 0.3 is 17.8 Å². The smallest absolute Gasteiger partial charge is 0.422 e. The summed E-state index contributed by atoms with van der Waals surface area (Å²) in [6, 6.07) is 2.86. The van der Waals surface area contributed by atoms with Crippen molar-refractivity contribution in [2.75, 3.05) is 6.61 Å². The Morgan fingerprint density at radius 2 is 2.06 bits per heavy atom. The Hall–Kier alpha value is -2.32. The highest BCUT2D eigenvalue weighted by Crippen LogP contribution is 2.32. The van der Waals surface area contributed by atoms with Crippen molar-refractivity contribution in [2.45, 2.75) is 6.18 Å². The highest BCUT2D eigenvalue weighted by molar-refractivity contribution is 5.93. The Labute approximate surface area is 97.7 Å². The van der Waals surface area contributed by atoms with Crippen molar-refractivity contribution in [1.82, 2.24) is 0 Å². The number of nitro benzene ring substituents is 1. The van der Waals surface area contributed by atoms with Crippen molar-refractivity contribution >= 4 is 11.7 Å². The number of aromatic carboxylic acids is 1. The molecule has 0 fully saturated rings. The molecule has 0 aliphatic heterocycles. The lowest BCUT2D eigenvalue weighted by atomic mass is 10.1. The molecule has 0 bridgehead atoms. The van der Waals surface area contributed by atoms with Gasteiger partial charge in [0.15, 0.2) is 12.4 Å². The molecule has 0 unspecified atom stereocenters. The summed E-state index contributed by atoms with van der Waals surface area (Å²) in [6.07, 6.45) is -4.67. The number of hydrogen-bond acceptors (Lipinski definition) is 4. The maximum Gasteiger partial charge on any atom is 0.422 e. The second-order valence-corrected chi connectivity index (χ2v) is 3.12. The SMILES string of the molecule is O=C(O)c1cccc(OCC(F)(F)F)c1[N+](=O)[O-]. The molecule has 1 N–H and O–H groups in total. The molecule has 0 heterocycles. The zero-order valence-electron chi connectivity index (χ0n) is 8.60. The summed E-state index contributed by atoms with van der Waals surface area (Å²) >= 11 is 0. The molecule has 9 heteroatoms. The molecule has 18 heavy (non-hydrogen) atoms. The fourth-order valence-electron chi connectivity index (χ4n) is 1.16. The van der Waals surface area contributed by atoms with Crippen LogP contribution in [-0.4, -0.2) is 28.8 Å². The van der Waals surface area contributed by atoms with Crippen molar-refractivity contribution in [3.05, 3.63) is 33.9 Å². The molecular formula is C9H6F3NO5. The summed E-state index contributed by atoms with van der Waals surface area (Å²) in [5.41, 5.74) is -1.74. The number of ether oxygens (including phenoxy) is 1. The van der Waals surface area contributed by atoms with Crippen molar-refractivity contribution in [3.8, 4) is 5.75 Å². The first-order chi connectivity index (χ1) is 8.22. The second kappa shape index (κ2) is 4.90. The fourth-order valence-corrected chi connectivity index (χ4v) is 1.16. The molecule has 1 aromatic carbocycles. The third-order valence-corrected chi connectivity index (χ3v) is 1.80. The van der Waals surface area contributed by atoms with Crippen LogP contribution >= 0.6 is 0 Å². The van der Waals surface area contributed by atoms with Crippen molar-refractivity contribution in [1.29, 1.82) is 0 Å². The Morgan fingerprint density at radius 3 is 2.50 bits per heavy atom. The minimum Gasteiger partial charge on any atom is -0.477 e. The standard InChI is InChI=1S/C9H6F3NO5/c10-9(11,12)4-18-6-3-1-2-5(8(14)15)7(6)13(16)17/h1-3H,4H2,(H,14,15). The largest absolute Gasteiger partial charge is 0.477 e. The van der Waals surface area contributed by atoms with E-state index in [0.717, 1.165) is 18.2 Å². The van der Waals surface area contributed by atoms with Crippen LogP contribution in [0.1, 0.15) is 10.4 Å². The molecule has 0 aliphatic rings. The minimum atomic E-state index is -4.67. The molecule has 0 amide bonds. The molecule has 0 radical (unpaired) electrons. The van der Waals surface area contributed by atoms with Crippen LogP contribution in [0, 0.1) is 10.1 Å². The number of hydrogen-bond donors (Lipinski definition) is 1. The van der Waals surface area contributed by atoms with E-state index < -0.39 is 40.7 Å². The van der Waals surface area contributed by atoms with Gasteiger partial charge in [-0.3, -0.25) is 10.1 Å². The predicted molar refractivity (Wildman–Crippen MR) is 51.6 cm³/mol. The van der Waals surface area contributed by atoms with Crippen LogP contribution in [0.4, 0.5) is 18.9 Å². The monoisotopic (exact) mass is 265 g/mol. The summed E-state index contributed by atoms with van der Waals surface area (Å²) in [6.45, 7) is -1.74. The van der Waals surface area contributed by atoms with E-state index >= 15 is 0 Å². The Bertz CT molecular complexity index is 486. The highest BCUT2D eigenvalue weighted by atomic mass is 19.4. The molecule has 6 nitrogen and oxygen atoms in total. The van der Waals surface area contributed by atoms with E-state index in [0.29, 0.717) is 0 Å². The number of carboxylic acids is 1. The van der Waals surface area contributed by atoms with Crippen molar-refractivity contribution in [3.63, 3.8) is 0 Å². The van der Waals surface area contributed by atoms with Gasteiger partial charge in [0.05, 0.1) is 4.92 Å². The lowest BCUT2D eigenvalue weighted by Gasteiger charge is -2.10. The van der Waals surface area contributed by atoms with Crippen LogP contribution in [0.2, 0.25) is 0 Å². The predicted octanol–water partition coefficient (Wildman–Crippen LogP) is 2.23. The van der Waals surface area contributed by atoms with Gasteiger partial charge < -0.3 is 9.84 Å². The quantitative estimate of drug-likeness (QED) is 0.666. The van der Waals surface area contributed by atoms with Crippen molar-refractivity contribution < 1.29 is 32.7 Å². The number of benzene rings is 1. The number of para-hydroxylation sites is 1. The fraction of sp³-hybridized carbons (Fsp3) is 0.222. The summed E-state index contributed by atoms with van der Waals surface area (Å²) in [5.74, 6) is -2.36. The van der Waals surface area contributed by atoms with Crippen LogP contribution < -0.4 is 4.74 Å². The first-order valence-corrected chi connectivity index (χ1v) is 4.42. The van der Waals surface area contributed by atoms with Crippen LogP contribution in [0.3, 0.4) is 0 Å². The maximum absolute atomic E-state index is 11.9. The van der Waals surface area contributed by atoms with E-state index in [-0.39, 0.29) is 0 Å². The molecule has 1 rings (SSSR count). The lowest BCUT2D eigenvalue weighted by Crippen LogP contribution is -2.20. The third kappa shape index (κ3) is 3.34. The minimum absolute atomic E-state index is 0.736. The number of alkyl halides is 3. The molecule has 0 aromatic heterocycles. The van der Waals surface area contributed by atoms with Crippen LogP contribution in [-0.2, 0) is 0 Å². The molecule has 0 saturated heterocycles. The molecule has 0 spiro atoms. The normalized spacial score (nSPS) is 11.1. The van der Waals surface area contributed by atoms with E-state index in [2.05, 4.69) is 4.74 Å². The molecule has 0 atom stereocenters. The van der Waals surface area contributed by atoms with Gasteiger partial charge in [-0.25, -0.2) is 4.79 Å². The molecule has 98 valence electrons. The lowest BCUT2D eigenvalue weighted by molar-refractivity contribution is -0.386. The van der Waals surface area contributed by atoms with Gasteiger partial charge in [-0.05, 0) is 12.1 Å². The summed E-state index contributed by atoms with van der Waals surface area (Å²) in [4.78, 5) is 20.2. The Morgan fingerprint density at radius 1 is 1.44 bits per heavy atom. The molecule has 0 saturated carbocycles. The number of carbonyl (C=O) groups is 1. The molecular weight excluding hydrogens is 259 g/mol. The zero-order valence-corrected chi connectivity index (χ0v) is 8.60. The van der Waals surface area contributed by atoms with E-state index in [1.807, 2.05) is 0 Å². The van der Waals surface area contributed by atoms with E-state index in [9.17, 15) is 28.1 Å². The maximum atomic E-state index is 11.9. The average Bonchev–Trinajstić information content (AvgIpc) is 2.24. The second-order valence-electron chi connectivity index (χ2n) is 3.12. The third-order valence-electron chi connectivity index (χ3n) is 1.80. The van der Waals surface area contributed by atoms with Gasteiger partial charge in [0.2, 0.25) is 0 Å². The van der Waals surface area contributed by atoms with Crippen molar-refractivity contribution in [2.24, 2.45) is 0 Å². The number of rotatable bonds is 4. The summed E-state index contributed by atoms with van der Waals surface area (Å²) in [7, 11) is 0. The first-order valence-electron chi connectivity index (χ1n) is 4.42. The van der Waals surface area contributed by atoms with Gasteiger partial charge in [0, 0.05) is 0 Å². The number of nitro groups is 1. The van der Waals surface area contributed by atoms with Gasteiger partial charge in [-0.2, -0.15) is 13.2 Å². The zero-order chi connectivity index (χ0) is 13.9. The van der Waals surface area contributed by atoms with Gasteiger partial charge in [0.25, 0.3) is 0 Å². The number of halogens is 3. The summed E-state index contributed by atoms with van der Waals surface area (Å²) < 4.78 is 40.0. The van der Waals surface area contributed by atoms with Gasteiger partial charge in [0.1, 0.15) is 5.56 Å². The summed E-state index contributed by atoms with van der Waals surface area (Å²) in [5, 5.41) is 19.3. The number of carboxylic acid groups (broad SMARTS) is 1. The highest BCUT2D eigenvalue weighted by Gasteiger charge is 2.31. The van der Waals surface area contributed by atoms with E-state index in [4.69, 9.17) is 5.11 Å².